The fraction of sp³-hybridized carbons (Fsp3) is 0.438. The molecule has 1 fully saturated rings. The molecule has 1 aliphatic carbocycles. The lowest BCUT2D eigenvalue weighted by Gasteiger charge is -2.18. The molecule has 1 unspecified atom stereocenters. The molecule has 2 aromatic rings. The van der Waals surface area contributed by atoms with Gasteiger partial charge in [0.2, 0.25) is 0 Å². The third-order valence-electron chi connectivity index (χ3n) is 3.73. The Kier molecular flexibility index (Phi) is 4.03. The van der Waals surface area contributed by atoms with Crippen molar-refractivity contribution in [1.29, 1.82) is 0 Å². The zero-order chi connectivity index (χ0) is 13.9. The quantitative estimate of drug-likeness (QED) is 0.880. The molecule has 1 heterocycles. The van der Waals surface area contributed by atoms with E-state index in [0.717, 1.165) is 23.2 Å². The molecule has 0 spiro atoms. The van der Waals surface area contributed by atoms with Gasteiger partial charge < -0.3 is 10.1 Å². The average Bonchev–Trinajstić information content (AvgIpc) is 3.22. The molecule has 1 aromatic heterocycles. The Morgan fingerprint density at radius 3 is 2.65 bits per heavy atom. The Hall–Kier alpha value is -1.39. The van der Waals surface area contributed by atoms with Crippen LogP contribution in [0.4, 0.5) is 0 Å². The van der Waals surface area contributed by atoms with Crippen LogP contribution in [-0.4, -0.2) is 12.1 Å². The van der Waals surface area contributed by atoms with Gasteiger partial charge in [-0.05, 0) is 43.4 Å². The maximum atomic E-state index is 5.23. The first kappa shape index (κ1) is 13.6. The minimum Gasteiger partial charge on any atom is -0.497 e. The van der Waals surface area contributed by atoms with Crippen LogP contribution in [0.15, 0.2) is 30.5 Å². The second-order valence-corrected chi connectivity index (χ2v) is 6.63. The highest BCUT2D eigenvalue weighted by molar-refractivity contribution is 7.11. The lowest BCUT2D eigenvalue weighted by Crippen LogP contribution is -2.22. The van der Waals surface area contributed by atoms with Gasteiger partial charge in [-0.1, -0.05) is 12.1 Å². The summed E-state index contributed by atoms with van der Waals surface area (Å²) in [4.78, 5) is 5.62. The minimum atomic E-state index is 0.448. The Morgan fingerprint density at radius 2 is 2.10 bits per heavy atom. The van der Waals surface area contributed by atoms with Crippen molar-refractivity contribution in [2.24, 2.45) is 5.92 Å². The van der Waals surface area contributed by atoms with Crippen LogP contribution in [0.5, 0.6) is 5.75 Å². The van der Waals surface area contributed by atoms with Gasteiger partial charge in [-0.3, -0.25) is 0 Å². The molecule has 0 saturated heterocycles. The van der Waals surface area contributed by atoms with Crippen molar-refractivity contribution < 1.29 is 4.74 Å². The number of thiazole rings is 1. The number of aromatic nitrogens is 1. The number of methoxy groups -OCH3 is 1. The molecule has 0 radical (unpaired) electrons. The summed E-state index contributed by atoms with van der Waals surface area (Å²) in [6.07, 6.45) is 4.63. The van der Waals surface area contributed by atoms with E-state index in [2.05, 4.69) is 29.4 Å². The Balaban J connectivity index is 1.68. The van der Waals surface area contributed by atoms with Gasteiger partial charge >= 0.3 is 0 Å². The fourth-order valence-electron chi connectivity index (χ4n) is 2.50. The minimum absolute atomic E-state index is 0.448. The molecule has 3 nitrogen and oxygen atoms in total. The van der Waals surface area contributed by atoms with Crippen molar-refractivity contribution in [3.8, 4) is 5.75 Å². The third-order valence-corrected chi connectivity index (χ3v) is 4.65. The predicted octanol–water partition coefficient (Wildman–Crippen LogP) is 3.70. The number of nitrogens with zero attached hydrogens (tertiary/aromatic N) is 1. The molecule has 4 heteroatoms. The lowest BCUT2D eigenvalue weighted by atomic mass is 10.0. The van der Waals surface area contributed by atoms with Crippen LogP contribution in [0.25, 0.3) is 0 Å². The van der Waals surface area contributed by atoms with Gasteiger partial charge in [0.05, 0.1) is 12.1 Å². The van der Waals surface area contributed by atoms with Crippen LogP contribution in [-0.2, 0) is 6.54 Å². The molecule has 0 amide bonds. The van der Waals surface area contributed by atoms with Crippen molar-refractivity contribution in [1.82, 2.24) is 10.3 Å². The Labute approximate surface area is 124 Å². The zero-order valence-electron chi connectivity index (χ0n) is 11.9. The van der Waals surface area contributed by atoms with Gasteiger partial charge in [-0.25, -0.2) is 4.98 Å². The number of hydrogen-bond acceptors (Lipinski definition) is 4. The summed E-state index contributed by atoms with van der Waals surface area (Å²) in [5.74, 6) is 1.69. The molecule has 0 bridgehead atoms. The van der Waals surface area contributed by atoms with Gasteiger partial charge in [0.25, 0.3) is 0 Å². The monoisotopic (exact) mass is 288 g/mol. The van der Waals surface area contributed by atoms with Gasteiger partial charge in [0, 0.05) is 23.7 Å². The highest BCUT2D eigenvalue weighted by Crippen LogP contribution is 2.41. The fourth-order valence-corrected chi connectivity index (χ4v) is 3.24. The van der Waals surface area contributed by atoms with Gasteiger partial charge in [-0.2, -0.15) is 0 Å². The van der Waals surface area contributed by atoms with E-state index in [4.69, 9.17) is 4.74 Å². The number of benzene rings is 1. The number of aryl methyl sites for hydroxylation is 1. The smallest absolute Gasteiger partial charge is 0.118 e. The molecule has 20 heavy (non-hydrogen) atoms. The number of ether oxygens (including phenoxy) is 1. The van der Waals surface area contributed by atoms with Crippen molar-refractivity contribution in [3.63, 3.8) is 0 Å². The van der Waals surface area contributed by atoms with Gasteiger partial charge in [0.1, 0.15) is 5.75 Å². The molecule has 106 valence electrons. The van der Waals surface area contributed by atoms with E-state index < -0.39 is 0 Å². The molecule has 1 N–H and O–H groups in total. The summed E-state index contributed by atoms with van der Waals surface area (Å²) in [6.45, 7) is 2.95. The van der Waals surface area contributed by atoms with Crippen molar-refractivity contribution in [3.05, 3.63) is 45.9 Å². The molecular weight excluding hydrogens is 268 g/mol. The van der Waals surface area contributed by atoms with Crippen LogP contribution in [0.3, 0.4) is 0 Å². The number of rotatable bonds is 6. The first-order valence-corrected chi connectivity index (χ1v) is 7.86. The van der Waals surface area contributed by atoms with E-state index in [1.807, 2.05) is 18.3 Å². The zero-order valence-corrected chi connectivity index (χ0v) is 12.7. The summed E-state index contributed by atoms with van der Waals surface area (Å²) < 4.78 is 5.23. The molecule has 1 saturated carbocycles. The second-order valence-electron chi connectivity index (χ2n) is 5.31. The van der Waals surface area contributed by atoms with Crippen molar-refractivity contribution >= 4 is 11.3 Å². The van der Waals surface area contributed by atoms with E-state index in [-0.39, 0.29) is 0 Å². The summed E-state index contributed by atoms with van der Waals surface area (Å²) in [6, 6.07) is 8.88. The summed E-state index contributed by atoms with van der Waals surface area (Å²) in [5, 5.41) is 4.83. The highest BCUT2D eigenvalue weighted by Gasteiger charge is 2.32. The summed E-state index contributed by atoms with van der Waals surface area (Å²) in [7, 11) is 1.71. The van der Waals surface area contributed by atoms with E-state index in [1.165, 1.54) is 23.3 Å². The van der Waals surface area contributed by atoms with Crippen LogP contribution < -0.4 is 10.1 Å². The second kappa shape index (κ2) is 5.94. The average molecular weight is 288 g/mol. The first-order chi connectivity index (χ1) is 9.76. The molecule has 1 aliphatic rings. The normalized spacial score (nSPS) is 16.1. The SMILES string of the molecule is COc1ccc(C(NCc2cnc(C)s2)C2CC2)cc1. The van der Waals surface area contributed by atoms with Crippen LogP contribution in [0.1, 0.15) is 34.3 Å². The largest absolute Gasteiger partial charge is 0.497 e. The molecule has 1 atom stereocenters. The van der Waals surface area contributed by atoms with Crippen LogP contribution in [0, 0.1) is 12.8 Å². The van der Waals surface area contributed by atoms with Crippen LogP contribution >= 0.6 is 11.3 Å². The topological polar surface area (TPSA) is 34.1 Å². The van der Waals surface area contributed by atoms with Crippen molar-refractivity contribution in [2.45, 2.75) is 32.4 Å². The lowest BCUT2D eigenvalue weighted by molar-refractivity contribution is 0.413. The third kappa shape index (κ3) is 3.19. The molecule has 1 aromatic carbocycles. The van der Waals surface area contributed by atoms with Crippen molar-refractivity contribution in [2.75, 3.05) is 7.11 Å². The maximum absolute atomic E-state index is 5.23. The summed E-state index contributed by atoms with van der Waals surface area (Å²) in [5.41, 5.74) is 1.36. The van der Waals surface area contributed by atoms with E-state index in [0.29, 0.717) is 6.04 Å². The standard InChI is InChI=1S/C16H20N2OS/c1-11-17-9-15(20-11)10-18-16(12-3-4-12)13-5-7-14(19-2)8-6-13/h5-9,12,16,18H,3-4,10H2,1-2H3. The highest BCUT2D eigenvalue weighted by atomic mass is 32.1. The number of hydrogen-bond donors (Lipinski definition) is 1. The Morgan fingerprint density at radius 1 is 1.35 bits per heavy atom. The first-order valence-electron chi connectivity index (χ1n) is 7.05. The molecular formula is C16H20N2OS. The van der Waals surface area contributed by atoms with E-state index >= 15 is 0 Å². The molecule has 3 rings (SSSR count). The van der Waals surface area contributed by atoms with E-state index in [1.54, 1.807) is 18.4 Å². The Bertz CT molecular complexity index is 560. The van der Waals surface area contributed by atoms with Gasteiger partial charge in [-0.15, -0.1) is 11.3 Å². The van der Waals surface area contributed by atoms with Gasteiger partial charge in [0.15, 0.2) is 0 Å². The number of nitrogens with one attached hydrogen (secondary N) is 1. The maximum Gasteiger partial charge on any atom is 0.118 e. The predicted molar refractivity (Wildman–Crippen MR) is 82.1 cm³/mol. The summed E-state index contributed by atoms with van der Waals surface area (Å²) >= 11 is 1.77. The van der Waals surface area contributed by atoms with E-state index in [9.17, 15) is 0 Å². The van der Waals surface area contributed by atoms with Crippen LogP contribution in [0.2, 0.25) is 0 Å². The molecule has 0 aliphatic heterocycles.